The summed E-state index contributed by atoms with van der Waals surface area (Å²) < 4.78 is 41.8. The summed E-state index contributed by atoms with van der Waals surface area (Å²) >= 11 is 7.17. The Kier molecular flexibility index (Phi) is 5.67. The maximum absolute atomic E-state index is 14.1. The van der Waals surface area contributed by atoms with E-state index in [2.05, 4.69) is 5.32 Å². The van der Waals surface area contributed by atoms with E-state index in [1.807, 2.05) is 0 Å². The average molecular weight is 417 g/mol. The van der Waals surface area contributed by atoms with E-state index in [-0.39, 0.29) is 39.8 Å². The van der Waals surface area contributed by atoms with Crippen LogP contribution in [-0.2, 0) is 27.9 Å². The monoisotopic (exact) mass is 416 g/mol. The minimum Gasteiger partial charge on any atom is -0.351 e. The molecule has 3 rings (SSSR count). The van der Waals surface area contributed by atoms with Crippen LogP contribution in [0.2, 0.25) is 5.02 Å². The molecule has 1 fully saturated rings. The summed E-state index contributed by atoms with van der Waals surface area (Å²) in [6.07, 6.45) is 1.49. The molecule has 0 spiro atoms. The number of thiophene rings is 1. The van der Waals surface area contributed by atoms with Crippen LogP contribution in [0.25, 0.3) is 0 Å². The van der Waals surface area contributed by atoms with Gasteiger partial charge in [-0.3, -0.25) is 4.79 Å². The topological polar surface area (TPSA) is 66.5 Å². The van der Waals surface area contributed by atoms with Gasteiger partial charge in [0.2, 0.25) is 5.91 Å². The number of rotatable bonds is 7. The minimum atomic E-state index is -3.77. The summed E-state index contributed by atoms with van der Waals surface area (Å²) in [5, 5.41) is 2.85. The van der Waals surface area contributed by atoms with Crippen LogP contribution in [0.3, 0.4) is 0 Å². The molecule has 0 aliphatic heterocycles. The average Bonchev–Trinajstić information content (AvgIpc) is 3.28. The largest absolute Gasteiger partial charge is 0.351 e. The maximum Gasteiger partial charge on any atom is 0.253 e. The first-order valence-corrected chi connectivity index (χ1v) is 10.7. The van der Waals surface area contributed by atoms with Crippen molar-refractivity contribution in [1.82, 2.24) is 9.62 Å². The Balaban J connectivity index is 1.86. The van der Waals surface area contributed by atoms with Crippen LogP contribution in [-0.4, -0.2) is 24.7 Å². The molecule has 5 nitrogen and oxygen atoms in total. The van der Waals surface area contributed by atoms with E-state index in [0.29, 0.717) is 0 Å². The third-order valence-electron chi connectivity index (χ3n) is 4.04. The lowest BCUT2D eigenvalue weighted by atomic mass is 10.2. The normalized spacial score (nSPS) is 14.6. The van der Waals surface area contributed by atoms with E-state index in [9.17, 15) is 17.6 Å². The molecule has 0 atom stereocenters. The van der Waals surface area contributed by atoms with Crippen LogP contribution in [0.4, 0.5) is 4.39 Å². The highest BCUT2D eigenvalue weighted by molar-refractivity contribution is 7.91. The first kappa shape index (κ1) is 19.3. The summed E-state index contributed by atoms with van der Waals surface area (Å²) in [7, 11) is -3.77. The number of halogens is 2. The third kappa shape index (κ3) is 4.25. The van der Waals surface area contributed by atoms with Crippen LogP contribution in [0.1, 0.15) is 30.2 Å². The van der Waals surface area contributed by atoms with Crippen molar-refractivity contribution in [3.63, 3.8) is 0 Å². The quantitative estimate of drug-likeness (QED) is 0.750. The highest BCUT2D eigenvalue weighted by atomic mass is 35.5. The molecule has 140 valence electrons. The van der Waals surface area contributed by atoms with Gasteiger partial charge < -0.3 is 5.32 Å². The number of amides is 1. The van der Waals surface area contributed by atoms with Crippen LogP contribution in [0.15, 0.2) is 34.5 Å². The standard InChI is InChI=1S/C17H18ClFN2O3S2/c1-11(22)20-9-13-7-8-17(25-13)26(23,24)21(12-5-6-12)10-14-15(18)3-2-4-16(14)19/h2-4,7-8,12H,5-6,9-10H2,1H3,(H,20,22). The molecule has 0 bridgehead atoms. The van der Waals surface area contributed by atoms with E-state index in [0.717, 1.165) is 29.1 Å². The summed E-state index contributed by atoms with van der Waals surface area (Å²) in [6, 6.07) is 7.37. The van der Waals surface area contributed by atoms with Crippen LogP contribution >= 0.6 is 22.9 Å². The van der Waals surface area contributed by atoms with Crippen molar-refractivity contribution in [2.75, 3.05) is 0 Å². The zero-order chi connectivity index (χ0) is 18.9. The number of hydrogen-bond acceptors (Lipinski definition) is 4. The lowest BCUT2D eigenvalue weighted by molar-refractivity contribution is -0.119. The Morgan fingerprint density at radius 1 is 1.35 bits per heavy atom. The van der Waals surface area contributed by atoms with Gasteiger partial charge in [0.05, 0.1) is 6.54 Å². The minimum absolute atomic E-state index is 0.0998. The number of carbonyl (C=O) groups excluding carboxylic acids is 1. The van der Waals surface area contributed by atoms with Crippen molar-refractivity contribution in [3.05, 3.63) is 51.6 Å². The molecular formula is C17H18ClFN2O3S2. The molecule has 1 heterocycles. The zero-order valence-electron chi connectivity index (χ0n) is 14.0. The van der Waals surface area contributed by atoms with Crippen LogP contribution < -0.4 is 5.32 Å². The number of carbonyl (C=O) groups is 1. The molecule has 1 aliphatic rings. The molecule has 1 aliphatic carbocycles. The van der Waals surface area contributed by atoms with Gasteiger partial charge in [0.15, 0.2) is 0 Å². The van der Waals surface area contributed by atoms with Crippen molar-refractivity contribution >= 4 is 38.9 Å². The van der Waals surface area contributed by atoms with Crippen molar-refractivity contribution in [1.29, 1.82) is 0 Å². The van der Waals surface area contributed by atoms with Gasteiger partial charge in [0.1, 0.15) is 10.0 Å². The molecule has 1 amide bonds. The fourth-order valence-corrected chi connectivity index (χ4v) is 5.83. The van der Waals surface area contributed by atoms with Gasteiger partial charge in [-0.05, 0) is 37.1 Å². The Hall–Kier alpha value is -1.48. The molecule has 1 saturated carbocycles. The van der Waals surface area contributed by atoms with E-state index in [4.69, 9.17) is 11.6 Å². The Morgan fingerprint density at radius 3 is 2.69 bits per heavy atom. The second-order valence-electron chi connectivity index (χ2n) is 6.11. The Bertz CT molecular complexity index is 906. The van der Waals surface area contributed by atoms with Gasteiger partial charge in [-0.2, -0.15) is 4.31 Å². The first-order valence-electron chi connectivity index (χ1n) is 8.07. The molecule has 0 radical (unpaired) electrons. The van der Waals surface area contributed by atoms with Gasteiger partial charge in [-0.1, -0.05) is 17.7 Å². The smallest absolute Gasteiger partial charge is 0.253 e. The molecule has 0 unspecified atom stereocenters. The van der Waals surface area contributed by atoms with Crippen LogP contribution in [0, 0.1) is 5.82 Å². The lowest BCUT2D eigenvalue weighted by Crippen LogP contribution is -2.32. The Morgan fingerprint density at radius 2 is 2.08 bits per heavy atom. The number of nitrogens with zero attached hydrogens (tertiary/aromatic N) is 1. The van der Waals surface area contributed by atoms with Crippen molar-refractivity contribution in [3.8, 4) is 0 Å². The van der Waals surface area contributed by atoms with Gasteiger partial charge in [0.25, 0.3) is 10.0 Å². The molecule has 0 saturated heterocycles. The van der Waals surface area contributed by atoms with Gasteiger partial charge >= 0.3 is 0 Å². The number of nitrogens with one attached hydrogen (secondary N) is 1. The summed E-state index contributed by atoms with van der Waals surface area (Å²) in [5.74, 6) is -0.701. The number of sulfonamides is 1. The van der Waals surface area contributed by atoms with E-state index < -0.39 is 15.8 Å². The fraction of sp³-hybridized carbons (Fsp3) is 0.353. The molecular weight excluding hydrogens is 399 g/mol. The van der Waals surface area contributed by atoms with Crippen molar-refractivity contribution in [2.45, 2.75) is 43.1 Å². The summed E-state index contributed by atoms with van der Waals surface area (Å²) in [4.78, 5) is 11.7. The van der Waals surface area contributed by atoms with Gasteiger partial charge in [-0.25, -0.2) is 12.8 Å². The predicted octanol–water partition coefficient (Wildman–Crippen LogP) is 3.53. The molecule has 2 aromatic rings. The highest BCUT2D eigenvalue weighted by Gasteiger charge is 2.39. The van der Waals surface area contributed by atoms with Gasteiger partial charge in [-0.15, -0.1) is 11.3 Å². The second-order valence-corrected chi connectivity index (χ2v) is 9.81. The van der Waals surface area contributed by atoms with Crippen LogP contribution in [0.5, 0.6) is 0 Å². The predicted molar refractivity (Wildman–Crippen MR) is 99.0 cm³/mol. The lowest BCUT2D eigenvalue weighted by Gasteiger charge is -2.22. The van der Waals surface area contributed by atoms with E-state index >= 15 is 0 Å². The SMILES string of the molecule is CC(=O)NCc1ccc(S(=O)(=O)N(Cc2c(F)cccc2Cl)C2CC2)s1. The van der Waals surface area contributed by atoms with Gasteiger partial charge in [0, 0.05) is 35.0 Å². The number of hydrogen-bond donors (Lipinski definition) is 1. The second kappa shape index (κ2) is 7.64. The summed E-state index contributed by atoms with van der Waals surface area (Å²) in [5.41, 5.74) is 0.180. The zero-order valence-corrected chi connectivity index (χ0v) is 16.4. The molecule has 1 aromatic heterocycles. The first-order chi connectivity index (χ1) is 12.3. The maximum atomic E-state index is 14.1. The number of benzene rings is 1. The fourth-order valence-electron chi connectivity index (χ4n) is 2.53. The third-order valence-corrected chi connectivity index (χ3v) is 7.85. The summed E-state index contributed by atoms with van der Waals surface area (Å²) in [6.45, 7) is 1.58. The molecule has 1 aromatic carbocycles. The van der Waals surface area contributed by atoms with E-state index in [1.165, 1.54) is 29.4 Å². The van der Waals surface area contributed by atoms with E-state index in [1.54, 1.807) is 12.1 Å². The van der Waals surface area contributed by atoms with Crippen molar-refractivity contribution in [2.24, 2.45) is 0 Å². The highest BCUT2D eigenvalue weighted by Crippen LogP contribution is 2.36. The Labute approximate surface area is 160 Å². The molecule has 26 heavy (non-hydrogen) atoms. The molecule has 1 N–H and O–H groups in total. The molecule has 9 heteroatoms. The van der Waals surface area contributed by atoms with Crippen molar-refractivity contribution < 1.29 is 17.6 Å².